The third kappa shape index (κ3) is 3.78. The maximum absolute atomic E-state index is 12.4. The maximum Gasteiger partial charge on any atom is 0.240 e. The molecule has 0 aromatic heterocycles. The summed E-state index contributed by atoms with van der Waals surface area (Å²) in [6.45, 7) is 2.15. The van der Waals surface area contributed by atoms with Crippen molar-refractivity contribution in [3.05, 3.63) is 59.7 Å². The molecule has 2 aromatic carbocycles. The van der Waals surface area contributed by atoms with Gasteiger partial charge in [-0.15, -0.1) is 0 Å². The van der Waals surface area contributed by atoms with Gasteiger partial charge in [-0.3, -0.25) is 14.5 Å². The summed E-state index contributed by atoms with van der Waals surface area (Å²) in [5, 5.41) is 0. The molecule has 0 radical (unpaired) electrons. The lowest BCUT2D eigenvalue weighted by molar-refractivity contribution is -0.121. The van der Waals surface area contributed by atoms with Crippen molar-refractivity contribution < 1.29 is 18.0 Å². The number of hydrogen-bond donors (Lipinski definition) is 1. The summed E-state index contributed by atoms with van der Waals surface area (Å²) in [5.74, 6) is -0.531. The van der Waals surface area contributed by atoms with Crippen LogP contribution in [0.2, 0.25) is 0 Å². The Bertz CT molecular complexity index is 887. The lowest BCUT2D eigenvalue weighted by Crippen LogP contribution is -2.28. The fourth-order valence-electron chi connectivity index (χ4n) is 2.61. The number of aryl methyl sites for hydroxylation is 1. The van der Waals surface area contributed by atoms with Crippen LogP contribution < -0.4 is 9.62 Å². The van der Waals surface area contributed by atoms with Crippen LogP contribution in [0.3, 0.4) is 0 Å². The highest BCUT2D eigenvalue weighted by atomic mass is 32.2. The molecule has 0 aliphatic carbocycles. The van der Waals surface area contributed by atoms with Gasteiger partial charge in [0, 0.05) is 19.4 Å². The monoisotopic (exact) mass is 358 g/mol. The van der Waals surface area contributed by atoms with Crippen molar-refractivity contribution in [2.75, 3.05) is 4.90 Å². The van der Waals surface area contributed by atoms with Crippen molar-refractivity contribution in [2.45, 2.75) is 31.2 Å². The molecule has 0 unspecified atom stereocenters. The zero-order valence-electron chi connectivity index (χ0n) is 13.7. The highest BCUT2D eigenvalue weighted by Gasteiger charge is 2.30. The van der Waals surface area contributed by atoms with Gasteiger partial charge in [-0.05, 0) is 36.8 Å². The summed E-state index contributed by atoms with van der Waals surface area (Å²) in [5.41, 5.74) is 2.36. The number of carbonyl (C=O) groups is 2. The Labute approximate surface area is 146 Å². The second kappa shape index (κ2) is 6.78. The first-order valence-corrected chi connectivity index (χ1v) is 9.36. The van der Waals surface area contributed by atoms with Gasteiger partial charge in [-0.1, -0.05) is 29.8 Å². The molecule has 0 atom stereocenters. The van der Waals surface area contributed by atoms with E-state index in [0.29, 0.717) is 5.69 Å². The van der Waals surface area contributed by atoms with Crippen LogP contribution in [0.5, 0.6) is 0 Å². The molecule has 1 aliphatic rings. The van der Waals surface area contributed by atoms with E-state index in [2.05, 4.69) is 4.72 Å². The van der Waals surface area contributed by atoms with E-state index in [0.717, 1.165) is 16.0 Å². The summed E-state index contributed by atoms with van der Waals surface area (Å²) in [4.78, 5) is 24.6. The molecule has 0 saturated carbocycles. The van der Waals surface area contributed by atoms with Gasteiger partial charge in [0.05, 0.1) is 10.6 Å². The lowest BCUT2D eigenvalue weighted by atomic mass is 10.2. The van der Waals surface area contributed by atoms with Crippen LogP contribution in [0.25, 0.3) is 0 Å². The zero-order chi connectivity index (χ0) is 18.0. The number of hydrogen-bond acceptors (Lipinski definition) is 4. The van der Waals surface area contributed by atoms with Crippen LogP contribution in [-0.4, -0.2) is 20.2 Å². The Hall–Kier alpha value is -2.51. The second-order valence-corrected chi connectivity index (χ2v) is 7.69. The lowest BCUT2D eigenvalue weighted by Gasteiger charge is -2.14. The van der Waals surface area contributed by atoms with Crippen LogP contribution in [0, 0.1) is 6.92 Å². The molecule has 2 aromatic rings. The van der Waals surface area contributed by atoms with Crippen LogP contribution in [0.4, 0.5) is 5.69 Å². The molecule has 25 heavy (non-hydrogen) atoms. The van der Waals surface area contributed by atoms with Gasteiger partial charge in [0.1, 0.15) is 0 Å². The van der Waals surface area contributed by atoms with Crippen LogP contribution in [0.1, 0.15) is 24.0 Å². The summed E-state index contributed by atoms with van der Waals surface area (Å²) < 4.78 is 27.3. The third-order valence-electron chi connectivity index (χ3n) is 4.04. The standard InChI is InChI=1S/C18H18N2O4S/c1-13-2-4-14(5-3-13)12-19-25(23,24)16-8-6-15(7-9-16)20-17(21)10-11-18(20)22/h2-9,19H,10-12H2,1H3. The summed E-state index contributed by atoms with van der Waals surface area (Å²) in [6.07, 6.45) is 0.383. The molecule has 0 spiro atoms. The van der Waals surface area contributed by atoms with E-state index in [4.69, 9.17) is 0 Å². The first-order valence-electron chi connectivity index (χ1n) is 7.88. The number of rotatable bonds is 5. The highest BCUT2D eigenvalue weighted by Crippen LogP contribution is 2.24. The molecule has 1 saturated heterocycles. The molecule has 1 heterocycles. The summed E-state index contributed by atoms with van der Waals surface area (Å²) in [6, 6.07) is 13.3. The molecule has 3 rings (SSSR count). The summed E-state index contributed by atoms with van der Waals surface area (Å²) in [7, 11) is -3.67. The maximum atomic E-state index is 12.4. The molecule has 1 fully saturated rings. The number of benzene rings is 2. The van der Waals surface area contributed by atoms with E-state index >= 15 is 0 Å². The van der Waals surface area contributed by atoms with Crippen molar-refractivity contribution in [3.63, 3.8) is 0 Å². The molecule has 6 nitrogen and oxygen atoms in total. The van der Waals surface area contributed by atoms with E-state index < -0.39 is 10.0 Å². The smallest absolute Gasteiger partial charge is 0.240 e. The first-order chi connectivity index (χ1) is 11.9. The van der Waals surface area contributed by atoms with Crippen molar-refractivity contribution in [1.82, 2.24) is 4.72 Å². The number of amides is 2. The van der Waals surface area contributed by atoms with E-state index in [9.17, 15) is 18.0 Å². The van der Waals surface area contributed by atoms with E-state index in [1.807, 2.05) is 31.2 Å². The van der Waals surface area contributed by atoms with E-state index in [1.54, 1.807) is 0 Å². The molecular formula is C18H18N2O4S. The zero-order valence-corrected chi connectivity index (χ0v) is 14.5. The molecule has 0 bridgehead atoms. The minimum absolute atomic E-state index is 0.0856. The predicted molar refractivity (Wildman–Crippen MR) is 93.4 cm³/mol. The third-order valence-corrected chi connectivity index (χ3v) is 5.46. The topological polar surface area (TPSA) is 83.6 Å². The van der Waals surface area contributed by atoms with E-state index in [-0.39, 0.29) is 36.1 Å². The number of sulfonamides is 1. The van der Waals surface area contributed by atoms with Gasteiger partial charge in [0.15, 0.2) is 0 Å². The van der Waals surface area contributed by atoms with Crippen molar-refractivity contribution in [1.29, 1.82) is 0 Å². The minimum Gasteiger partial charge on any atom is -0.274 e. The molecule has 2 amide bonds. The fraction of sp³-hybridized carbons (Fsp3) is 0.222. The van der Waals surface area contributed by atoms with Crippen LogP contribution in [0.15, 0.2) is 53.4 Å². The highest BCUT2D eigenvalue weighted by molar-refractivity contribution is 7.89. The number of carbonyl (C=O) groups excluding carboxylic acids is 2. The number of imide groups is 1. The van der Waals surface area contributed by atoms with Gasteiger partial charge in [0.25, 0.3) is 0 Å². The SMILES string of the molecule is Cc1ccc(CNS(=O)(=O)c2ccc(N3C(=O)CCC3=O)cc2)cc1. The summed E-state index contributed by atoms with van der Waals surface area (Å²) >= 11 is 0. The van der Waals surface area contributed by atoms with Crippen LogP contribution >= 0.6 is 0 Å². The molecule has 1 N–H and O–H groups in total. The van der Waals surface area contributed by atoms with Crippen molar-refractivity contribution in [3.8, 4) is 0 Å². The first kappa shape index (κ1) is 17.3. The van der Waals surface area contributed by atoms with E-state index in [1.165, 1.54) is 24.3 Å². The van der Waals surface area contributed by atoms with Gasteiger partial charge < -0.3 is 0 Å². The van der Waals surface area contributed by atoms with Gasteiger partial charge in [0.2, 0.25) is 21.8 Å². The minimum atomic E-state index is -3.67. The fourth-order valence-corrected chi connectivity index (χ4v) is 3.62. The normalized spacial score (nSPS) is 15.0. The predicted octanol–water partition coefficient (Wildman–Crippen LogP) is 2.13. The number of nitrogens with one attached hydrogen (secondary N) is 1. The number of nitrogens with zero attached hydrogens (tertiary/aromatic N) is 1. The Balaban J connectivity index is 1.73. The largest absolute Gasteiger partial charge is 0.274 e. The number of anilines is 1. The van der Waals surface area contributed by atoms with Crippen molar-refractivity contribution in [2.24, 2.45) is 0 Å². The second-order valence-electron chi connectivity index (χ2n) is 5.93. The Morgan fingerprint density at radius 2 is 1.48 bits per heavy atom. The Kier molecular flexibility index (Phi) is 4.69. The average Bonchev–Trinajstić information content (AvgIpc) is 2.93. The average molecular weight is 358 g/mol. The Morgan fingerprint density at radius 3 is 2.04 bits per heavy atom. The van der Waals surface area contributed by atoms with Gasteiger partial charge in [-0.25, -0.2) is 13.1 Å². The molecule has 7 heteroatoms. The van der Waals surface area contributed by atoms with Crippen molar-refractivity contribution >= 4 is 27.5 Å². The Morgan fingerprint density at radius 1 is 0.920 bits per heavy atom. The molecule has 130 valence electrons. The van der Waals surface area contributed by atoms with Gasteiger partial charge >= 0.3 is 0 Å². The van der Waals surface area contributed by atoms with Crippen LogP contribution in [-0.2, 0) is 26.2 Å². The molecular weight excluding hydrogens is 340 g/mol. The molecule has 1 aliphatic heterocycles. The quantitative estimate of drug-likeness (QED) is 0.830. The van der Waals surface area contributed by atoms with Gasteiger partial charge in [-0.2, -0.15) is 0 Å².